The van der Waals surface area contributed by atoms with Crippen molar-refractivity contribution in [3.05, 3.63) is 0 Å². The Bertz CT molecular complexity index is 156. The fraction of sp³-hybridized carbons (Fsp3) is 0.923. The van der Waals surface area contributed by atoms with Gasteiger partial charge in [-0.3, -0.25) is 4.99 Å². The van der Waals surface area contributed by atoms with Gasteiger partial charge in [-0.15, -0.1) is 0 Å². The van der Waals surface area contributed by atoms with E-state index >= 15 is 0 Å². The average molecular weight is 211 g/mol. The van der Waals surface area contributed by atoms with E-state index in [4.69, 9.17) is 0 Å². The number of ether oxygens (including phenoxy) is 1. The third-order valence-electron chi connectivity index (χ3n) is 3.18. The van der Waals surface area contributed by atoms with Crippen molar-refractivity contribution in [3.63, 3.8) is 0 Å². The second kappa shape index (κ2) is 8.75. The van der Waals surface area contributed by atoms with Crippen LogP contribution in [0.4, 0.5) is 0 Å². The monoisotopic (exact) mass is 211 g/mol. The summed E-state index contributed by atoms with van der Waals surface area (Å²) in [7, 11) is 0. The van der Waals surface area contributed by atoms with Gasteiger partial charge in [0, 0.05) is 0 Å². The fourth-order valence-corrected chi connectivity index (χ4v) is 2.23. The minimum atomic E-state index is 0.778. The van der Waals surface area contributed by atoms with E-state index in [1.165, 1.54) is 57.8 Å². The minimum Gasteiger partial charge on any atom is -0.482 e. The zero-order chi connectivity index (χ0) is 10.8. The van der Waals surface area contributed by atoms with Gasteiger partial charge in [0.15, 0.2) is 6.40 Å². The van der Waals surface area contributed by atoms with E-state index in [0.717, 1.165) is 19.1 Å². The Labute approximate surface area is 94.1 Å². The Kier molecular flexibility index (Phi) is 7.32. The van der Waals surface area contributed by atoms with Crippen molar-refractivity contribution < 1.29 is 4.74 Å². The zero-order valence-corrected chi connectivity index (χ0v) is 10.1. The smallest absolute Gasteiger partial charge is 0.169 e. The van der Waals surface area contributed by atoms with Gasteiger partial charge in [0.2, 0.25) is 0 Å². The highest BCUT2D eigenvalue weighted by Crippen LogP contribution is 2.27. The molecule has 1 fully saturated rings. The predicted molar refractivity (Wildman–Crippen MR) is 65.4 cm³/mol. The van der Waals surface area contributed by atoms with Crippen LogP contribution in [0.1, 0.15) is 58.3 Å². The Morgan fingerprint density at radius 1 is 1.27 bits per heavy atom. The summed E-state index contributed by atoms with van der Waals surface area (Å²) in [5.41, 5.74) is 0. The summed E-state index contributed by atoms with van der Waals surface area (Å²) in [5.74, 6) is 1.11. The molecule has 0 aromatic heterocycles. The van der Waals surface area contributed by atoms with Crippen molar-refractivity contribution in [2.75, 3.05) is 13.2 Å². The maximum Gasteiger partial charge on any atom is 0.169 e. The molecular formula is C13H25NO. The first-order valence-corrected chi connectivity index (χ1v) is 6.53. The van der Waals surface area contributed by atoms with Crippen LogP contribution in [-0.2, 0) is 4.74 Å². The van der Waals surface area contributed by atoms with Crippen LogP contribution in [0.25, 0.3) is 0 Å². The molecule has 0 bridgehead atoms. The molecule has 2 rings (SSSR count). The molecule has 0 saturated heterocycles. The van der Waals surface area contributed by atoms with Crippen molar-refractivity contribution in [2.24, 2.45) is 10.9 Å². The molecule has 0 amide bonds. The van der Waals surface area contributed by atoms with Crippen LogP contribution in [0.2, 0.25) is 0 Å². The van der Waals surface area contributed by atoms with E-state index in [2.05, 4.69) is 16.7 Å². The van der Waals surface area contributed by atoms with E-state index in [1.54, 1.807) is 0 Å². The normalized spacial score (nSPS) is 20.6. The average Bonchev–Trinajstić information content (AvgIpc) is 2.86. The lowest BCUT2D eigenvalue weighted by Gasteiger charge is -2.20. The molecule has 88 valence electrons. The first kappa shape index (κ1) is 12.5. The van der Waals surface area contributed by atoms with E-state index in [-0.39, 0.29) is 0 Å². The largest absolute Gasteiger partial charge is 0.482 e. The Morgan fingerprint density at radius 2 is 2.07 bits per heavy atom. The maximum absolute atomic E-state index is 4.65. The number of unbranched alkanes of at least 4 members (excludes halogenated alkanes) is 1. The number of rotatable bonds is 3. The summed E-state index contributed by atoms with van der Waals surface area (Å²) in [6.45, 7) is 3.92. The maximum atomic E-state index is 4.65. The van der Waals surface area contributed by atoms with Crippen LogP contribution in [0.15, 0.2) is 4.99 Å². The molecule has 2 nitrogen and oxygen atoms in total. The highest BCUT2D eigenvalue weighted by Gasteiger charge is 2.11. The van der Waals surface area contributed by atoms with E-state index in [1.807, 2.05) is 0 Å². The summed E-state index contributed by atoms with van der Waals surface area (Å²) in [6.07, 6.45) is 13.4. The van der Waals surface area contributed by atoms with Crippen LogP contribution in [0.5, 0.6) is 0 Å². The molecule has 0 spiro atoms. The molecule has 0 unspecified atom stereocenters. The SMILES string of the molecule is C1=NCCO1.CCCCC1CCCCC1. The van der Waals surface area contributed by atoms with Gasteiger partial charge in [-0.25, -0.2) is 0 Å². The molecule has 0 aromatic carbocycles. The van der Waals surface area contributed by atoms with Crippen molar-refractivity contribution in [1.82, 2.24) is 0 Å². The summed E-state index contributed by atoms with van der Waals surface area (Å²) in [6, 6.07) is 0. The number of aliphatic imine (C=N–C) groups is 1. The van der Waals surface area contributed by atoms with Crippen LogP contribution >= 0.6 is 0 Å². The van der Waals surface area contributed by atoms with Gasteiger partial charge in [-0.1, -0.05) is 58.3 Å². The highest BCUT2D eigenvalue weighted by molar-refractivity contribution is 5.47. The first-order valence-electron chi connectivity index (χ1n) is 6.53. The van der Waals surface area contributed by atoms with E-state index < -0.39 is 0 Å². The molecular weight excluding hydrogens is 186 g/mol. The number of hydrogen-bond acceptors (Lipinski definition) is 2. The van der Waals surface area contributed by atoms with E-state index in [0.29, 0.717) is 0 Å². The number of hydrogen-bond donors (Lipinski definition) is 0. The second-order valence-electron chi connectivity index (χ2n) is 4.53. The molecule has 0 aromatic rings. The Balaban J connectivity index is 0.000000187. The molecule has 0 atom stereocenters. The van der Waals surface area contributed by atoms with Crippen LogP contribution < -0.4 is 0 Å². The van der Waals surface area contributed by atoms with Crippen molar-refractivity contribution >= 4 is 6.40 Å². The standard InChI is InChI=1S/C10H20.C3H5NO/c1-2-3-7-10-8-5-4-6-9-10;1-2-5-3-4-1/h10H,2-9H2,1H3;3H,1-2H2. The fourth-order valence-electron chi connectivity index (χ4n) is 2.23. The summed E-state index contributed by atoms with van der Waals surface area (Å²) < 4.78 is 4.65. The van der Waals surface area contributed by atoms with Gasteiger partial charge < -0.3 is 4.74 Å². The van der Waals surface area contributed by atoms with Crippen molar-refractivity contribution in [3.8, 4) is 0 Å². The van der Waals surface area contributed by atoms with Gasteiger partial charge >= 0.3 is 0 Å². The number of nitrogens with zero attached hydrogens (tertiary/aromatic N) is 1. The lowest BCUT2D eigenvalue weighted by Crippen LogP contribution is -2.05. The van der Waals surface area contributed by atoms with Crippen LogP contribution in [0, 0.1) is 5.92 Å². The molecule has 1 aliphatic carbocycles. The molecule has 0 radical (unpaired) electrons. The third-order valence-corrected chi connectivity index (χ3v) is 3.18. The molecule has 0 N–H and O–H groups in total. The predicted octanol–water partition coefficient (Wildman–Crippen LogP) is 3.80. The molecule has 15 heavy (non-hydrogen) atoms. The molecule has 1 aliphatic heterocycles. The zero-order valence-electron chi connectivity index (χ0n) is 10.1. The van der Waals surface area contributed by atoms with E-state index in [9.17, 15) is 0 Å². The van der Waals surface area contributed by atoms with Crippen LogP contribution in [-0.4, -0.2) is 19.6 Å². The lowest BCUT2D eigenvalue weighted by atomic mass is 9.86. The summed E-state index contributed by atoms with van der Waals surface area (Å²) in [4.78, 5) is 3.74. The quantitative estimate of drug-likeness (QED) is 0.695. The van der Waals surface area contributed by atoms with Crippen LogP contribution in [0.3, 0.4) is 0 Å². The second-order valence-corrected chi connectivity index (χ2v) is 4.53. The van der Waals surface area contributed by atoms with Gasteiger partial charge in [-0.2, -0.15) is 0 Å². The third kappa shape index (κ3) is 6.53. The van der Waals surface area contributed by atoms with Gasteiger partial charge in [-0.05, 0) is 5.92 Å². The van der Waals surface area contributed by atoms with Gasteiger partial charge in [0.25, 0.3) is 0 Å². The molecule has 2 aliphatic rings. The summed E-state index contributed by atoms with van der Waals surface area (Å²) in [5, 5.41) is 0. The minimum absolute atomic E-state index is 0.778. The first-order chi connectivity index (χ1) is 7.43. The van der Waals surface area contributed by atoms with Gasteiger partial charge in [0.05, 0.1) is 6.54 Å². The van der Waals surface area contributed by atoms with Gasteiger partial charge in [0.1, 0.15) is 6.61 Å². The van der Waals surface area contributed by atoms with Crippen molar-refractivity contribution in [1.29, 1.82) is 0 Å². The summed E-state index contributed by atoms with van der Waals surface area (Å²) >= 11 is 0. The lowest BCUT2D eigenvalue weighted by molar-refractivity contribution is 0.331. The topological polar surface area (TPSA) is 21.6 Å². The molecule has 1 saturated carbocycles. The molecule has 1 heterocycles. The Morgan fingerprint density at radius 3 is 2.53 bits per heavy atom. The Hall–Kier alpha value is -0.530. The van der Waals surface area contributed by atoms with Crippen molar-refractivity contribution in [2.45, 2.75) is 58.3 Å². The highest BCUT2D eigenvalue weighted by atomic mass is 16.5. The molecule has 2 heteroatoms.